The van der Waals surface area contributed by atoms with E-state index in [4.69, 9.17) is 0 Å². The number of rotatable bonds is 2. The fourth-order valence-electron chi connectivity index (χ4n) is 0.250. The van der Waals surface area contributed by atoms with Crippen LogP contribution in [0, 0.1) is 0 Å². The van der Waals surface area contributed by atoms with Crippen LogP contribution in [-0.2, 0) is 0 Å². The van der Waals surface area contributed by atoms with E-state index in [9.17, 15) is 0 Å². The van der Waals surface area contributed by atoms with Crippen LogP contribution < -0.4 is 56.7 Å². The molecule has 0 spiro atoms. The minimum atomic E-state index is 0. The number of hydrogen-bond acceptors (Lipinski definition) is 2. The first-order valence-electron chi connectivity index (χ1n) is 2.06. The molecule has 7 heavy (non-hydrogen) atoms. The molecule has 0 fully saturated rings. The van der Waals surface area contributed by atoms with E-state index >= 15 is 0 Å². The third-order valence-electron chi connectivity index (χ3n) is 0.500. The Labute approximate surface area is 87.8 Å². The zero-order valence-corrected chi connectivity index (χ0v) is 8.48. The minimum Gasteiger partial charge on any atom is -0.870 e. The van der Waals surface area contributed by atoms with Crippen molar-refractivity contribution in [1.82, 2.24) is 5.32 Å². The van der Waals surface area contributed by atoms with Gasteiger partial charge in [0.1, 0.15) is 0 Å². The molecule has 0 bridgehead atoms. The molecule has 0 unspecified atom stereocenters. The summed E-state index contributed by atoms with van der Waals surface area (Å²) in [7, 11) is 1.96. The molecule has 0 atom stereocenters. The predicted octanol–water partition coefficient (Wildman–Crippen LogP) is -2.56. The molecule has 0 aromatic rings. The second-order valence-corrected chi connectivity index (χ2v) is 1.10. The van der Waals surface area contributed by atoms with E-state index in [-0.39, 0.29) is 56.9 Å². The molecule has 0 heterocycles. The number of hydrogen-bond donors (Lipinski definition) is 1. The molecule has 0 radical (unpaired) electrons. The van der Waals surface area contributed by atoms with Gasteiger partial charge in [-0.15, -0.1) is 0 Å². The molecular formula is C4H12KNO. The van der Waals surface area contributed by atoms with Gasteiger partial charge in [0.25, 0.3) is 0 Å². The topological polar surface area (TPSA) is 42.0 Å². The average Bonchev–Trinajstić information content (AvgIpc) is 1.41. The Morgan fingerprint density at radius 1 is 1.43 bits per heavy atom. The van der Waals surface area contributed by atoms with Gasteiger partial charge in [-0.1, -0.05) is 6.92 Å². The van der Waals surface area contributed by atoms with Crippen molar-refractivity contribution in [2.45, 2.75) is 13.3 Å². The quantitative estimate of drug-likeness (QED) is 0.417. The molecule has 2 N–H and O–H groups in total. The van der Waals surface area contributed by atoms with Crippen molar-refractivity contribution in [2.24, 2.45) is 0 Å². The average molecular weight is 129 g/mol. The first kappa shape index (κ1) is 15.8. The van der Waals surface area contributed by atoms with Crippen molar-refractivity contribution in [3.8, 4) is 0 Å². The van der Waals surface area contributed by atoms with Crippen LogP contribution in [0.5, 0.6) is 0 Å². The maximum atomic E-state index is 3.02. The second-order valence-electron chi connectivity index (χ2n) is 1.10. The summed E-state index contributed by atoms with van der Waals surface area (Å²) in [6, 6.07) is 0. The van der Waals surface area contributed by atoms with Crippen molar-refractivity contribution in [3.63, 3.8) is 0 Å². The molecule has 0 aliphatic heterocycles. The zero-order valence-electron chi connectivity index (χ0n) is 5.36. The maximum Gasteiger partial charge on any atom is 1.00 e. The van der Waals surface area contributed by atoms with Gasteiger partial charge in [0.05, 0.1) is 0 Å². The van der Waals surface area contributed by atoms with Gasteiger partial charge in [0.2, 0.25) is 0 Å². The summed E-state index contributed by atoms with van der Waals surface area (Å²) in [4.78, 5) is 0. The van der Waals surface area contributed by atoms with Crippen molar-refractivity contribution in [1.29, 1.82) is 0 Å². The van der Waals surface area contributed by atoms with Gasteiger partial charge in [-0.2, -0.15) is 0 Å². The summed E-state index contributed by atoms with van der Waals surface area (Å²) < 4.78 is 0. The van der Waals surface area contributed by atoms with Crippen LogP contribution in [0.15, 0.2) is 0 Å². The Hall–Kier alpha value is 1.56. The zero-order chi connectivity index (χ0) is 4.12. The third-order valence-corrected chi connectivity index (χ3v) is 0.500. The van der Waals surface area contributed by atoms with Crippen molar-refractivity contribution in [2.75, 3.05) is 13.6 Å². The fraction of sp³-hybridized carbons (Fsp3) is 1.00. The number of nitrogens with one attached hydrogen (secondary N) is 1. The van der Waals surface area contributed by atoms with Gasteiger partial charge in [0, 0.05) is 0 Å². The van der Waals surface area contributed by atoms with Gasteiger partial charge < -0.3 is 10.8 Å². The Balaban J connectivity index is -0.0000000800. The first-order valence-corrected chi connectivity index (χ1v) is 2.06. The van der Waals surface area contributed by atoms with E-state index in [1.54, 1.807) is 0 Å². The van der Waals surface area contributed by atoms with Crippen molar-refractivity contribution < 1.29 is 56.9 Å². The third kappa shape index (κ3) is 18.4. The molecule has 2 nitrogen and oxygen atoms in total. The molecule has 0 aliphatic rings. The summed E-state index contributed by atoms with van der Waals surface area (Å²) in [5.41, 5.74) is 0. The normalized spacial score (nSPS) is 6.00. The van der Waals surface area contributed by atoms with Crippen LogP contribution in [0.3, 0.4) is 0 Å². The standard InChI is InChI=1S/C4H11N.K.H2O/c1-3-4-5-2;;/h5H,3-4H2,1-2H3;;1H2/q;+1;/p-1. The van der Waals surface area contributed by atoms with E-state index in [0.29, 0.717) is 0 Å². The largest absolute Gasteiger partial charge is 1.00 e. The second kappa shape index (κ2) is 15.6. The Morgan fingerprint density at radius 3 is 1.86 bits per heavy atom. The summed E-state index contributed by atoms with van der Waals surface area (Å²) in [5, 5.41) is 3.02. The van der Waals surface area contributed by atoms with E-state index in [2.05, 4.69) is 12.2 Å². The van der Waals surface area contributed by atoms with Gasteiger partial charge in [-0.3, -0.25) is 0 Å². The summed E-state index contributed by atoms with van der Waals surface area (Å²) in [5.74, 6) is 0. The van der Waals surface area contributed by atoms with E-state index in [1.807, 2.05) is 7.05 Å². The van der Waals surface area contributed by atoms with E-state index in [0.717, 1.165) is 6.54 Å². The Bertz CT molecular complexity index is 19.2. The maximum absolute atomic E-state index is 3.02. The fourth-order valence-corrected chi connectivity index (χ4v) is 0.250. The Kier molecular flexibility index (Phi) is 35.4. The van der Waals surface area contributed by atoms with E-state index in [1.165, 1.54) is 6.42 Å². The monoisotopic (exact) mass is 129 g/mol. The van der Waals surface area contributed by atoms with Crippen LogP contribution in [0.25, 0.3) is 0 Å². The van der Waals surface area contributed by atoms with Gasteiger partial charge in [0.15, 0.2) is 0 Å². The molecule has 3 heteroatoms. The van der Waals surface area contributed by atoms with Gasteiger partial charge in [-0.05, 0) is 20.0 Å². The van der Waals surface area contributed by atoms with Gasteiger partial charge in [-0.25, -0.2) is 0 Å². The molecule has 0 rings (SSSR count). The Morgan fingerprint density at radius 2 is 1.86 bits per heavy atom. The minimum absolute atomic E-state index is 0. The molecule has 0 aromatic heterocycles. The molecule has 0 amide bonds. The molecule has 0 aromatic carbocycles. The van der Waals surface area contributed by atoms with Crippen LogP contribution in [0.1, 0.15) is 13.3 Å². The first-order chi connectivity index (χ1) is 2.41. The predicted molar refractivity (Wildman–Crippen MR) is 26.2 cm³/mol. The summed E-state index contributed by atoms with van der Waals surface area (Å²) >= 11 is 0. The van der Waals surface area contributed by atoms with Crippen LogP contribution in [-0.4, -0.2) is 19.1 Å². The van der Waals surface area contributed by atoms with Crippen molar-refractivity contribution >= 4 is 0 Å². The SMILES string of the molecule is CCCNC.[K+].[OH-]. The summed E-state index contributed by atoms with van der Waals surface area (Å²) in [6.45, 7) is 3.29. The molecule has 0 saturated carbocycles. The van der Waals surface area contributed by atoms with Crippen LogP contribution in [0.4, 0.5) is 0 Å². The van der Waals surface area contributed by atoms with E-state index < -0.39 is 0 Å². The van der Waals surface area contributed by atoms with Crippen molar-refractivity contribution in [3.05, 3.63) is 0 Å². The molecule has 0 aliphatic carbocycles. The van der Waals surface area contributed by atoms with Crippen LogP contribution >= 0.6 is 0 Å². The molecular weight excluding hydrogens is 117 g/mol. The van der Waals surface area contributed by atoms with Crippen LogP contribution in [0.2, 0.25) is 0 Å². The molecule has 40 valence electrons. The smallest absolute Gasteiger partial charge is 0.870 e. The van der Waals surface area contributed by atoms with Gasteiger partial charge >= 0.3 is 51.4 Å². The summed E-state index contributed by atoms with van der Waals surface area (Å²) in [6.07, 6.45) is 1.23. The molecule has 0 saturated heterocycles.